The lowest BCUT2D eigenvalue weighted by Gasteiger charge is -2.63. The number of esters is 1. The molecule has 4 fully saturated rings. The van der Waals surface area contributed by atoms with Crippen LogP contribution >= 0.6 is 12.2 Å². The van der Waals surface area contributed by atoms with E-state index in [0.717, 1.165) is 44.9 Å². The van der Waals surface area contributed by atoms with E-state index >= 15 is 0 Å². The summed E-state index contributed by atoms with van der Waals surface area (Å²) in [6, 6.07) is 0. The van der Waals surface area contributed by atoms with Crippen molar-refractivity contribution in [3.8, 4) is 0 Å². The zero-order valence-electron chi connectivity index (χ0n) is 16.8. The Kier molecular flexibility index (Phi) is 4.63. The average Bonchev–Trinajstić information content (AvgIpc) is 2.92. The standard InChI is InChI=1S/C22H31NO3S/c1-14(24)26-19-5-4-17-16-7-11-22(23-13-27)12-15(25)6-10-21(22,3)18(16)8-9-20(17,19)2/h16-19H,4-12H2,1-3H3/t16-,17-,18-,19+,20-,21+,22+/m0/s1. The molecule has 0 aliphatic heterocycles. The number of hydrogen-bond donors (Lipinski definition) is 0. The molecule has 4 rings (SSSR count). The number of hydrogen-bond acceptors (Lipinski definition) is 5. The number of fused-ring (bicyclic) bond motifs is 5. The molecule has 4 aliphatic rings. The van der Waals surface area contributed by atoms with Crippen molar-refractivity contribution in [3.63, 3.8) is 0 Å². The minimum atomic E-state index is -0.340. The highest BCUT2D eigenvalue weighted by atomic mass is 32.1. The molecule has 4 aliphatic carbocycles. The van der Waals surface area contributed by atoms with Gasteiger partial charge in [-0.25, -0.2) is 4.99 Å². The van der Waals surface area contributed by atoms with E-state index in [1.54, 1.807) is 0 Å². The highest BCUT2D eigenvalue weighted by molar-refractivity contribution is 7.78. The van der Waals surface area contributed by atoms with Crippen LogP contribution in [0.5, 0.6) is 0 Å². The van der Waals surface area contributed by atoms with Gasteiger partial charge in [-0.05, 0) is 80.3 Å². The molecular weight excluding hydrogens is 358 g/mol. The van der Waals surface area contributed by atoms with Crippen molar-refractivity contribution in [2.75, 3.05) is 0 Å². The molecule has 5 heteroatoms. The zero-order valence-corrected chi connectivity index (χ0v) is 17.6. The Balaban J connectivity index is 1.67. The van der Waals surface area contributed by atoms with E-state index in [9.17, 15) is 9.59 Å². The van der Waals surface area contributed by atoms with Gasteiger partial charge in [0.1, 0.15) is 11.9 Å². The first kappa shape index (κ1) is 19.3. The SMILES string of the molecule is CC(=O)O[C@@H]1CC[C@H]2[C@@H]3CC[C@@]4(N=C=S)CC(=O)CC[C@]4(C)[C@H]3CC[C@]12C. The third-order valence-electron chi connectivity index (χ3n) is 9.10. The molecule has 148 valence electrons. The van der Waals surface area contributed by atoms with Gasteiger partial charge in [-0.2, -0.15) is 0 Å². The Morgan fingerprint density at radius 3 is 2.63 bits per heavy atom. The molecule has 27 heavy (non-hydrogen) atoms. The van der Waals surface area contributed by atoms with Crippen molar-refractivity contribution in [3.05, 3.63) is 0 Å². The fourth-order valence-corrected chi connectivity index (χ4v) is 7.87. The summed E-state index contributed by atoms with van der Waals surface area (Å²) in [6.45, 7) is 6.24. The summed E-state index contributed by atoms with van der Waals surface area (Å²) in [5, 5.41) is 2.65. The smallest absolute Gasteiger partial charge is 0.302 e. The van der Waals surface area contributed by atoms with Crippen LogP contribution in [-0.2, 0) is 14.3 Å². The van der Waals surface area contributed by atoms with Crippen LogP contribution in [0.2, 0.25) is 0 Å². The monoisotopic (exact) mass is 389 g/mol. The number of Topliss-reactive ketones (excluding diaryl/α,β-unsaturated/α-hetero) is 1. The van der Waals surface area contributed by atoms with Crippen LogP contribution in [-0.4, -0.2) is 28.6 Å². The van der Waals surface area contributed by atoms with Crippen LogP contribution < -0.4 is 0 Å². The molecule has 7 atom stereocenters. The van der Waals surface area contributed by atoms with Crippen molar-refractivity contribution in [2.45, 2.75) is 90.2 Å². The second-order valence-corrected chi connectivity index (χ2v) is 10.2. The third-order valence-corrected chi connectivity index (χ3v) is 9.19. The highest BCUT2D eigenvalue weighted by Gasteiger charge is 2.65. The van der Waals surface area contributed by atoms with Crippen molar-refractivity contribution in [1.82, 2.24) is 0 Å². The van der Waals surface area contributed by atoms with Crippen LogP contribution in [0.25, 0.3) is 0 Å². The maximum atomic E-state index is 12.3. The third kappa shape index (κ3) is 2.68. The number of rotatable bonds is 2. The zero-order chi connectivity index (χ0) is 19.4. The fourth-order valence-electron chi connectivity index (χ4n) is 7.70. The van der Waals surface area contributed by atoms with Gasteiger partial charge in [0.25, 0.3) is 0 Å². The first-order valence-corrected chi connectivity index (χ1v) is 10.9. The summed E-state index contributed by atoms with van der Waals surface area (Å²) in [5.74, 6) is 1.98. The lowest BCUT2D eigenvalue weighted by Crippen LogP contribution is -2.61. The van der Waals surface area contributed by atoms with E-state index in [4.69, 9.17) is 17.0 Å². The van der Waals surface area contributed by atoms with Gasteiger partial charge in [0.15, 0.2) is 0 Å². The highest BCUT2D eigenvalue weighted by Crippen LogP contribution is 2.68. The van der Waals surface area contributed by atoms with Crippen molar-refractivity contribution < 1.29 is 14.3 Å². The number of isothiocyanates is 1. The lowest BCUT2D eigenvalue weighted by molar-refractivity contribution is -0.163. The normalized spacial score (nSPS) is 48.6. The molecular formula is C22H31NO3S. The minimum Gasteiger partial charge on any atom is -0.462 e. The fraction of sp³-hybridized carbons (Fsp3) is 0.864. The second kappa shape index (κ2) is 6.49. The molecule has 0 radical (unpaired) electrons. The molecule has 0 saturated heterocycles. The topological polar surface area (TPSA) is 55.7 Å². The molecule has 0 aromatic carbocycles. The number of carbonyl (C=O) groups excluding carboxylic acids is 2. The van der Waals surface area contributed by atoms with Crippen LogP contribution in [0.15, 0.2) is 4.99 Å². The summed E-state index contributed by atoms with van der Waals surface area (Å²) in [6.07, 6.45) is 8.59. The van der Waals surface area contributed by atoms with Crippen LogP contribution in [0.4, 0.5) is 0 Å². The number of thiocarbonyl (C=S) groups is 1. The first-order valence-electron chi connectivity index (χ1n) is 10.5. The number of ketones is 1. The maximum Gasteiger partial charge on any atom is 0.302 e. The number of carbonyl (C=O) groups is 2. The number of aliphatic imine (C=N–C) groups is 1. The second-order valence-electron chi connectivity index (χ2n) is 10.0. The van der Waals surface area contributed by atoms with E-state index < -0.39 is 0 Å². The van der Waals surface area contributed by atoms with Crippen molar-refractivity contribution in [1.29, 1.82) is 0 Å². The number of ether oxygens (including phenoxy) is 1. The largest absolute Gasteiger partial charge is 0.462 e. The van der Waals surface area contributed by atoms with Gasteiger partial charge in [-0.3, -0.25) is 9.59 Å². The molecule has 0 N–H and O–H groups in total. The molecule has 0 heterocycles. The number of nitrogens with zero attached hydrogens (tertiary/aromatic N) is 1. The van der Waals surface area contributed by atoms with Gasteiger partial charge in [0, 0.05) is 25.2 Å². The average molecular weight is 390 g/mol. The van der Waals surface area contributed by atoms with E-state index in [2.05, 4.69) is 24.0 Å². The van der Waals surface area contributed by atoms with Crippen LogP contribution in [0.1, 0.15) is 78.6 Å². The molecule has 0 bridgehead atoms. The van der Waals surface area contributed by atoms with Crippen LogP contribution in [0.3, 0.4) is 0 Å². The Morgan fingerprint density at radius 1 is 1.15 bits per heavy atom. The van der Waals surface area contributed by atoms with E-state index in [0.29, 0.717) is 36.4 Å². The predicted molar refractivity (Wildman–Crippen MR) is 107 cm³/mol. The van der Waals surface area contributed by atoms with Crippen molar-refractivity contribution in [2.24, 2.45) is 33.6 Å². The van der Waals surface area contributed by atoms with Gasteiger partial charge < -0.3 is 4.74 Å². The quantitative estimate of drug-likeness (QED) is 0.388. The molecule has 0 unspecified atom stereocenters. The minimum absolute atomic E-state index is 0.0243. The molecule has 0 aromatic heterocycles. The van der Waals surface area contributed by atoms with Gasteiger partial charge >= 0.3 is 5.97 Å². The molecule has 0 spiro atoms. The maximum absolute atomic E-state index is 12.3. The summed E-state index contributed by atoms with van der Waals surface area (Å²) in [7, 11) is 0. The Hall–Kier alpha value is -1.06. The molecule has 0 amide bonds. The van der Waals surface area contributed by atoms with Crippen LogP contribution in [0, 0.1) is 28.6 Å². The van der Waals surface area contributed by atoms with E-state index in [1.165, 1.54) is 6.92 Å². The van der Waals surface area contributed by atoms with Gasteiger partial charge in [-0.15, -0.1) is 0 Å². The lowest BCUT2D eigenvalue weighted by atomic mass is 9.43. The van der Waals surface area contributed by atoms with E-state index in [-0.39, 0.29) is 28.4 Å². The van der Waals surface area contributed by atoms with E-state index in [1.807, 2.05) is 0 Å². The summed E-state index contributed by atoms with van der Waals surface area (Å²) < 4.78 is 5.74. The summed E-state index contributed by atoms with van der Waals surface area (Å²) in [4.78, 5) is 28.6. The summed E-state index contributed by atoms with van der Waals surface area (Å²) >= 11 is 5.00. The molecule has 0 aromatic rings. The first-order chi connectivity index (χ1) is 12.8. The van der Waals surface area contributed by atoms with Gasteiger partial charge in [0.2, 0.25) is 0 Å². The summed E-state index contributed by atoms with van der Waals surface area (Å²) in [5.41, 5.74) is -0.218. The Morgan fingerprint density at radius 2 is 1.93 bits per heavy atom. The van der Waals surface area contributed by atoms with Gasteiger partial charge in [-0.1, -0.05) is 13.8 Å². The predicted octanol–water partition coefficient (Wildman–Crippen LogP) is 4.76. The Labute approximate surface area is 167 Å². The van der Waals surface area contributed by atoms with Crippen molar-refractivity contribution >= 4 is 29.1 Å². The van der Waals surface area contributed by atoms with Gasteiger partial charge in [0.05, 0.1) is 10.7 Å². The molecule has 4 saturated carbocycles. The Bertz CT molecular complexity index is 716. The molecule has 4 nitrogen and oxygen atoms in total.